The molecule has 8 nitrogen and oxygen atoms in total. The van der Waals surface area contributed by atoms with Crippen LogP contribution >= 0.6 is 0 Å². The van der Waals surface area contributed by atoms with E-state index in [1.807, 2.05) is 30.0 Å². The molecule has 0 unspecified atom stereocenters. The summed E-state index contributed by atoms with van der Waals surface area (Å²) in [6.45, 7) is 2.84. The van der Waals surface area contributed by atoms with Gasteiger partial charge in [-0.25, -0.2) is 4.98 Å². The number of aromatic nitrogens is 4. The maximum Gasteiger partial charge on any atom is 0.271 e. The van der Waals surface area contributed by atoms with Gasteiger partial charge in [-0.1, -0.05) is 0 Å². The second-order valence-corrected chi connectivity index (χ2v) is 5.36. The maximum atomic E-state index is 12.3. The van der Waals surface area contributed by atoms with Crippen LogP contribution in [0.4, 0.5) is 11.8 Å². The van der Waals surface area contributed by atoms with Crippen LogP contribution < -0.4 is 9.80 Å². The van der Waals surface area contributed by atoms with Gasteiger partial charge >= 0.3 is 0 Å². The number of hydrogen-bond donors (Lipinski definition) is 1. The Morgan fingerprint density at radius 1 is 1.18 bits per heavy atom. The molecule has 1 saturated heterocycles. The minimum absolute atomic E-state index is 0.00572. The standard InChI is InChI=1S/C14H19N7O/c1-19(2)14-15-5-4-12(17-14)20-7-9-21(10-8-20)13(22)11-3-6-16-18-11/h3-6H,7-10H2,1-2H3,(H,16,18). The van der Waals surface area contributed by atoms with Crippen LogP contribution in [0.15, 0.2) is 24.5 Å². The number of piperazine rings is 1. The summed E-state index contributed by atoms with van der Waals surface area (Å²) in [4.78, 5) is 26.9. The van der Waals surface area contributed by atoms with Crippen molar-refractivity contribution < 1.29 is 4.79 Å². The molecule has 3 rings (SSSR count). The summed E-state index contributed by atoms with van der Waals surface area (Å²) in [5.74, 6) is 1.58. The van der Waals surface area contributed by atoms with E-state index in [9.17, 15) is 4.79 Å². The monoisotopic (exact) mass is 301 g/mol. The fraction of sp³-hybridized carbons (Fsp3) is 0.429. The second-order valence-electron chi connectivity index (χ2n) is 5.36. The molecule has 1 N–H and O–H groups in total. The van der Waals surface area contributed by atoms with Crippen LogP contribution in [-0.2, 0) is 0 Å². The van der Waals surface area contributed by atoms with Crippen molar-refractivity contribution in [1.29, 1.82) is 0 Å². The van der Waals surface area contributed by atoms with Crippen molar-refractivity contribution in [2.45, 2.75) is 0 Å². The molecule has 2 aromatic heterocycles. The number of carbonyl (C=O) groups is 1. The molecule has 3 heterocycles. The molecule has 0 saturated carbocycles. The highest BCUT2D eigenvalue weighted by atomic mass is 16.2. The smallest absolute Gasteiger partial charge is 0.271 e. The zero-order valence-corrected chi connectivity index (χ0v) is 12.7. The van der Waals surface area contributed by atoms with E-state index in [1.54, 1.807) is 18.5 Å². The molecular formula is C14H19N7O. The predicted octanol–water partition coefficient (Wildman–Crippen LogP) is 0.228. The van der Waals surface area contributed by atoms with E-state index in [4.69, 9.17) is 0 Å². The maximum absolute atomic E-state index is 12.3. The number of anilines is 2. The molecule has 0 aliphatic carbocycles. The van der Waals surface area contributed by atoms with Crippen molar-refractivity contribution in [3.63, 3.8) is 0 Å². The zero-order valence-electron chi connectivity index (χ0n) is 12.7. The Hall–Kier alpha value is -2.64. The third-order valence-corrected chi connectivity index (χ3v) is 3.65. The third kappa shape index (κ3) is 2.85. The van der Waals surface area contributed by atoms with Crippen molar-refractivity contribution in [2.75, 3.05) is 50.1 Å². The summed E-state index contributed by atoms with van der Waals surface area (Å²) in [6, 6.07) is 3.60. The van der Waals surface area contributed by atoms with Crippen molar-refractivity contribution in [1.82, 2.24) is 25.1 Å². The second kappa shape index (κ2) is 6.00. The van der Waals surface area contributed by atoms with Gasteiger partial charge in [0.15, 0.2) is 0 Å². The molecule has 0 radical (unpaired) electrons. The Balaban J connectivity index is 1.64. The van der Waals surface area contributed by atoms with Gasteiger partial charge in [-0.2, -0.15) is 10.1 Å². The molecular weight excluding hydrogens is 282 g/mol. The van der Waals surface area contributed by atoms with Crippen LogP contribution in [0.1, 0.15) is 10.5 Å². The molecule has 22 heavy (non-hydrogen) atoms. The van der Waals surface area contributed by atoms with Crippen molar-refractivity contribution in [2.24, 2.45) is 0 Å². The SMILES string of the molecule is CN(C)c1nccc(N2CCN(C(=O)c3ccn[nH]3)CC2)n1. The zero-order chi connectivity index (χ0) is 15.5. The van der Waals surface area contributed by atoms with E-state index >= 15 is 0 Å². The van der Waals surface area contributed by atoms with Crippen LogP contribution in [-0.4, -0.2) is 71.2 Å². The van der Waals surface area contributed by atoms with E-state index in [2.05, 4.69) is 25.1 Å². The van der Waals surface area contributed by atoms with E-state index in [0.29, 0.717) is 24.7 Å². The van der Waals surface area contributed by atoms with Gasteiger partial charge in [0.1, 0.15) is 11.5 Å². The highest BCUT2D eigenvalue weighted by molar-refractivity contribution is 5.92. The topological polar surface area (TPSA) is 81.3 Å². The fourth-order valence-corrected chi connectivity index (χ4v) is 2.41. The normalized spacial score (nSPS) is 15.0. The molecule has 0 bridgehead atoms. The van der Waals surface area contributed by atoms with Crippen LogP contribution in [0.25, 0.3) is 0 Å². The molecule has 1 aliphatic heterocycles. The number of aromatic amines is 1. The Bertz CT molecular complexity index is 632. The van der Waals surface area contributed by atoms with E-state index in [0.717, 1.165) is 18.9 Å². The summed E-state index contributed by atoms with van der Waals surface area (Å²) in [5.41, 5.74) is 0.533. The fourth-order valence-electron chi connectivity index (χ4n) is 2.41. The van der Waals surface area contributed by atoms with Crippen LogP contribution in [0, 0.1) is 0 Å². The van der Waals surface area contributed by atoms with Crippen LogP contribution in [0.5, 0.6) is 0 Å². The van der Waals surface area contributed by atoms with Gasteiger partial charge in [0.05, 0.1) is 0 Å². The average molecular weight is 301 g/mol. The Labute approximate surface area is 128 Å². The Morgan fingerprint density at radius 2 is 1.95 bits per heavy atom. The van der Waals surface area contributed by atoms with E-state index in [-0.39, 0.29) is 5.91 Å². The average Bonchev–Trinajstić information content (AvgIpc) is 3.09. The van der Waals surface area contributed by atoms with Gasteiger partial charge in [-0.3, -0.25) is 9.89 Å². The molecule has 1 fully saturated rings. The molecule has 8 heteroatoms. The van der Waals surface area contributed by atoms with Gasteiger partial charge in [-0.15, -0.1) is 0 Å². The predicted molar refractivity (Wildman–Crippen MR) is 83.1 cm³/mol. The van der Waals surface area contributed by atoms with Gasteiger partial charge in [0.2, 0.25) is 5.95 Å². The lowest BCUT2D eigenvalue weighted by molar-refractivity contribution is 0.0740. The highest BCUT2D eigenvalue weighted by Crippen LogP contribution is 2.16. The third-order valence-electron chi connectivity index (χ3n) is 3.65. The molecule has 0 aromatic carbocycles. The van der Waals surface area contributed by atoms with Crippen molar-refractivity contribution >= 4 is 17.7 Å². The molecule has 2 aromatic rings. The molecule has 116 valence electrons. The summed E-state index contributed by atoms with van der Waals surface area (Å²) < 4.78 is 0. The lowest BCUT2D eigenvalue weighted by Gasteiger charge is -2.35. The Kier molecular flexibility index (Phi) is 3.90. The van der Waals surface area contributed by atoms with Crippen molar-refractivity contribution in [3.8, 4) is 0 Å². The summed E-state index contributed by atoms with van der Waals surface area (Å²) in [6.07, 6.45) is 3.35. The first-order valence-corrected chi connectivity index (χ1v) is 7.19. The number of rotatable bonds is 3. The molecule has 0 atom stereocenters. The number of nitrogens with one attached hydrogen (secondary N) is 1. The summed E-state index contributed by atoms with van der Waals surface area (Å²) >= 11 is 0. The lowest BCUT2D eigenvalue weighted by Crippen LogP contribution is -2.49. The number of hydrogen-bond acceptors (Lipinski definition) is 6. The molecule has 0 spiro atoms. The van der Waals surface area contributed by atoms with Gasteiger partial charge in [0.25, 0.3) is 5.91 Å². The lowest BCUT2D eigenvalue weighted by atomic mass is 10.2. The van der Waals surface area contributed by atoms with E-state index in [1.165, 1.54) is 0 Å². The first-order valence-electron chi connectivity index (χ1n) is 7.19. The largest absolute Gasteiger partial charge is 0.353 e. The summed E-state index contributed by atoms with van der Waals surface area (Å²) in [5, 5.41) is 6.54. The van der Waals surface area contributed by atoms with E-state index < -0.39 is 0 Å². The van der Waals surface area contributed by atoms with Crippen LogP contribution in [0.3, 0.4) is 0 Å². The highest BCUT2D eigenvalue weighted by Gasteiger charge is 2.23. The molecule has 1 amide bonds. The first kappa shape index (κ1) is 14.3. The Morgan fingerprint density at radius 3 is 2.59 bits per heavy atom. The number of H-pyrrole nitrogens is 1. The van der Waals surface area contributed by atoms with Gasteiger partial charge in [-0.05, 0) is 12.1 Å². The minimum atomic E-state index is -0.00572. The number of nitrogens with zero attached hydrogens (tertiary/aromatic N) is 6. The minimum Gasteiger partial charge on any atom is -0.353 e. The summed E-state index contributed by atoms with van der Waals surface area (Å²) in [7, 11) is 3.83. The molecule has 1 aliphatic rings. The van der Waals surface area contributed by atoms with Gasteiger partial charge < -0.3 is 14.7 Å². The van der Waals surface area contributed by atoms with Gasteiger partial charge in [0, 0.05) is 52.7 Å². The quantitative estimate of drug-likeness (QED) is 0.874. The first-order chi connectivity index (χ1) is 10.6. The van der Waals surface area contributed by atoms with Crippen molar-refractivity contribution in [3.05, 3.63) is 30.2 Å². The van der Waals surface area contributed by atoms with Crippen LogP contribution in [0.2, 0.25) is 0 Å². The number of amides is 1. The number of carbonyl (C=O) groups excluding carboxylic acids is 1.